The fourth-order valence-electron chi connectivity index (χ4n) is 5.79. The number of nitrogens with one attached hydrogen (secondary N) is 3. The first-order valence-electron chi connectivity index (χ1n) is 17.5. The van der Waals surface area contributed by atoms with Crippen molar-refractivity contribution in [2.45, 2.75) is 83.0 Å². The highest BCUT2D eigenvalue weighted by atomic mass is 16.2. The van der Waals surface area contributed by atoms with Crippen molar-refractivity contribution >= 4 is 40.3 Å². The number of unbranched alkanes of at least 4 members (excludes halogenated alkanes) is 1. The largest absolute Gasteiger partial charge is 0.357 e. The van der Waals surface area contributed by atoms with Gasteiger partial charge in [-0.05, 0) is 67.5 Å². The van der Waals surface area contributed by atoms with E-state index < -0.39 is 35.5 Å². The fourth-order valence-corrected chi connectivity index (χ4v) is 5.79. The lowest BCUT2D eigenvalue weighted by molar-refractivity contribution is -0.146. The number of carbonyl (C=O) groups is 5. The maximum atomic E-state index is 14.6. The molecule has 3 aromatic rings. The average molecular weight is 699 g/mol. The second kappa shape index (κ2) is 19.4. The quantitative estimate of drug-likeness (QED) is 0.118. The van der Waals surface area contributed by atoms with Crippen LogP contribution in [0.25, 0.3) is 10.8 Å². The first-order chi connectivity index (χ1) is 24.2. The van der Waals surface area contributed by atoms with Gasteiger partial charge in [0.25, 0.3) is 0 Å². The molecule has 0 aromatic heterocycles. The highest BCUT2D eigenvalue weighted by Crippen LogP contribution is 2.20. The van der Waals surface area contributed by atoms with E-state index in [1.807, 2.05) is 86.6 Å². The first-order valence-corrected chi connectivity index (χ1v) is 17.5. The monoisotopic (exact) mass is 698 g/mol. The number of hydrogen-bond donors (Lipinski definition) is 4. The molecule has 0 aliphatic carbocycles. The molecule has 0 saturated carbocycles. The normalized spacial score (nSPS) is 13.2. The van der Waals surface area contributed by atoms with Crippen LogP contribution >= 0.6 is 0 Å². The zero-order valence-corrected chi connectivity index (χ0v) is 30.8. The Balaban J connectivity index is 1.95. The summed E-state index contributed by atoms with van der Waals surface area (Å²) in [6, 6.07) is 20.4. The van der Waals surface area contributed by atoms with Crippen LogP contribution in [0.2, 0.25) is 0 Å². The number of benzene rings is 3. The van der Waals surface area contributed by atoms with Crippen molar-refractivity contribution < 1.29 is 24.0 Å². The molecule has 51 heavy (non-hydrogen) atoms. The van der Waals surface area contributed by atoms with E-state index in [0.717, 1.165) is 21.9 Å². The van der Waals surface area contributed by atoms with Gasteiger partial charge in [-0.25, -0.2) is 0 Å². The maximum absolute atomic E-state index is 14.6. The van der Waals surface area contributed by atoms with E-state index in [2.05, 4.69) is 16.0 Å². The molecule has 0 unspecified atom stereocenters. The van der Waals surface area contributed by atoms with E-state index in [4.69, 9.17) is 5.73 Å². The van der Waals surface area contributed by atoms with Crippen molar-refractivity contribution in [3.8, 4) is 0 Å². The Morgan fingerprint density at radius 3 is 2.10 bits per heavy atom. The lowest BCUT2D eigenvalue weighted by Crippen LogP contribution is -2.58. The highest BCUT2D eigenvalue weighted by Gasteiger charge is 2.36. The van der Waals surface area contributed by atoms with Crippen molar-refractivity contribution in [2.24, 2.45) is 5.73 Å². The van der Waals surface area contributed by atoms with Crippen LogP contribution in [0, 0.1) is 0 Å². The third-order valence-corrected chi connectivity index (χ3v) is 8.81. The summed E-state index contributed by atoms with van der Waals surface area (Å²) in [6.07, 6.45) is 5.55. The van der Waals surface area contributed by atoms with Crippen molar-refractivity contribution in [3.63, 3.8) is 0 Å². The molecule has 0 spiro atoms. The van der Waals surface area contributed by atoms with Crippen molar-refractivity contribution in [2.75, 3.05) is 27.7 Å². The van der Waals surface area contributed by atoms with Crippen molar-refractivity contribution in [1.82, 2.24) is 25.8 Å². The van der Waals surface area contributed by atoms with Gasteiger partial charge in [0.15, 0.2) is 0 Å². The SMILES string of the molecule is CNC(=O)[C@H](CCCCNC(C)=O)NC(=O)[C@@H](Cc1ccccc1)N(C)C(=O)[C@@H](Cc1ccc2ccccc2c1)N(C)C(=O)C=CCC(C)(C)N. The molecule has 0 radical (unpaired) electrons. The molecule has 5 N–H and O–H groups in total. The molecule has 3 aromatic carbocycles. The topological polar surface area (TPSA) is 154 Å². The third-order valence-electron chi connectivity index (χ3n) is 8.81. The Morgan fingerprint density at radius 2 is 1.45 bits per heavy atom. The van der Waals surface area contributed by atoms with Crippen LogP contribution in [0.15, 0.2) is 84.9 Å². The summed E-state index contributed by atoms with van der Waals surface area (Å²) in [5, 5.41) is 10.3. The van der Waals surface area contributed by atoms with E-state index in [9.17, 15) is 24.0 Å². The average Bonchev–Trinajstić information content (AvgIpc) is 3.10. The second-order valence-electron chi connectivity index (χ2n) is 13.8. The standard InChI is InChI=1S/C40H54N6O5/c1-28(47)43-24-13-12-19-33(37(49)42-4)44-38(50)34(26-29-15-8-7-9-16-29)46(6)39(51)35(45(5)36(48)20-14-23-40(2,3)41)27-30-21-22-31-17-10-11-18-32(31)25-30/h7-11,14-18,20-22,25,33-35H,12-13,19,23-24,26-27,41H2,1-6H3,(H,42,49)(H,43,47)(H,44,50)/t33-,34+,35+/m0/s1. The van der Waals surface area contributed by atoms with Crippen LogP contribution in [0.3, 0.4) is 0 Å². The number of hydrogen-bond acceptors (Lipinski definition) is 6. The molecule has 0 saturated heterocycles. The maximum Gasteiger partial charge on any atom is 0.246 e. The Morgan fingerprint density at radius 1 is 0.804 bits per heavy atom. The van der Waals surface area contributed by atoms with Gasteiger partial charge < -0.3 is 31.5 Å². The molecule has 11 heteroatoms. The molecule has 11 nitrogen and oxygen atoms in total. The number of nitrogens with two attached hydrogens (primary N) is 1. The van der Waals surface area contributed by atoms with Crippen LogP contribution in [0.4, 0.5) is 0 Å². The van der Waals surface area contributed by atoms with Gasteiger partial charge in [-0.15, -0.1) is 0 Å². The fraction of sp³-hybridized carbons (Fsp3) is 0.425. The number of likely N-dealkylation sites (N-methyl/N-ethyl adjacent to an activating group) is 3. The van der Waals surface area contributed by atoms with E-state index in [0.29, 0.717) is 32.2 Å². The molecule has 0 heterocycles. The van der Waals surface area contributed by atoms with Gasteiger partial charge >= 0.3 is 0 Å². The zero-order chi connectivity index (χ0) is 37.6. The molecule has 0 aliphatic rings. The van der Waals surface area contributed by atoms with Gasteiger partial charge in [-0.3, -0.25) is 24.0 Å². The van der Waals surface area contributed by atoms with Gasteiger partial charge in [-0.1, -0.05) is 78.9 Å². The third kappa shape index (κ3) is 13.0. The predicted molar refractivity (Wildman–Crippen MR) is 201 cm³/mol. The molecule has 5 amide bonds. The summed E-state index contributed by atoms with van der Waals surface area (Å²) in [7, 11) is 4.66. The summed E-state index contributed by atoms with van der Waals surface area (Å²) in [5.41, 5.74) is 7.29. The Kier molecular flexibility index (Phi) is 15.4. The minimum atomic E-state index is -0.998. The minimum Gasteiger partial charge on any atom is -0.357 e. The van der Waals surface area contributed by atoms with Gasteiger partial charge in [0.05, 0.1) is 0 Å². The van der Waals surface area contributed by atoms with Crippen molar-refractivity contribution in [3.05, 3.63) is 96.1 Å². The number of carbonyl (C=O) groups excluding carboxylic acids is 5. The second-order valence-corrected chi connectivity index (χ2v) is 13.8. The summed E-state index contributed by atoms with van der Waals surface area (Å²) in [5.74, 6) is -1.77. The summed E-state index contributed by atoms with van der Waals surface area (Å²) < 4.78 is 0. The van der Waals surface area contributed by atoms with Gasteiger partial charge in [-0.2, -0.15) is 0 Å². The van der Waals surface area contributed by atoms with E-state index in [1.165, 1.54) is 29.8 Å². The number of nitrogens with zero attached hydrogens (tertiary/aromatic N) is 2. The van der Waals surface area contributed by atoms with Crippen molar-refractivity contribution in [1.29, 1.82) is 0 Å². The summed E-state index contributed by atoms with van der Waals surface area (Å²) in [6.45, 7) is 5.63. The number of rotatable bonds is 18. The molecule has 274 valence electrons. The molecular weight excluding hydrogens is 644 g/mol. The Hall–Kier alpha value is -5.03. The first kappa shape index (κ1) is 40.4. The van der Waals surface area contributed by atoms with Crippen LogP contribution < -0.4 is 21.7 Å². The van der Waals surface area contributed by atoms with Gasteiger partial charge in [0.1, 0.15) is 18.1 Å². The molecule has 0 bridgehead atoms. The molecule has 0 aliphatic heterocycles. The zero-order valence-electron chi connectivity index (χ0n) is 30.8. The van der Waals surface area contributed by atoms with Crippen LogP contribution in [-0.4, -0.2) is 90.7 Å². The lowest BCUT2D eigenvalue weighted by Gasteiger charge is -2.35. The number of amides is 5. The molecule has 3 atom stereocenters. The van der Waals surface area contributed by atoms with E-state index in [1.54, 1.807) is 20.2 Å². The summed E-state index contributed by atoms with van der Waals surface area (Å²) in [4.78, 5) is 69.2. The lowest BCUT2D eigenvalue weighted by atomic mass is 9.98. The van der Waals surface area contributed by atoms with E-state index >= 15 is 0 Å². The molecular formula is C40H54N6O5. The van der Waals surface area contributed by atoms with Gasteiger partial charge in [0, 0.05) is 53.0 Å². The van der Waals surface area contributed by atoms with Crippen LogP contribution in [0.5, 0.6) is 0 Å². The highest BCUT2D eigenvalue weighted by molar-refractivity contribution is 5.96. The summed E-state index contributed by atoms with van der Waals surface area (Å²) >= 11 is 0. The van der Waals surface area contributed by atoms with Crippen LogP contribution in [0.1, 0.15) is 57.6 Å². The predicted octanol–water partition coefficient (Wildman–Crippen LogP) is 3.50. The number of fused-ring (bicyclic) bond motifs is 1. The molecule has 3 rings (SSSR count). The Bertz CT molecular complexity index is 1670. The minimum absolute atomic E-state index is 0.135. The molecule has 0 fully saturated rings. The van der Waals surface area contributed by atoms with Gasteiger partial charge in [0.2, 0.25) is 29.5 Å². The Labute approximate surface area is 302 Å². The smallest absolute Gasteiger partial charge is 0.246 e. The van der Waals surface area contributed by atoms with Crippen LogP contribution in [-0.2, 0) is 36.8 Å². The van der Waals surface area contributed by atoms with E-state index in [-0.39, 0.29) is 30.6 Å².